The maximum Gasteiger partial charge on any atom is 0.433 e. The van der Waals surface area contributed by atoms with E-state index >= 15 is 0 Å². The molecule has 11 nitrogen and oxygen atoms in total. The lowest BCUT2D eigenvalue weighted by Gasteiger charge is -1.91. The second-order valence-corrected chi connectivity index (χ2v) is 3.50. The Morgan fingerprint density at radius 3 is 2.90 bits per heavy atom. The van der Waals surface area contributed by atoms with Crippen molar-refractivity contribution in [3.05, 3.63) is 44.6 Å². The second kappa shape index (κ2) is 5.17. The lowest BCUT2D eigenvalue weighted by atomic mass is 10.3. The van der Waals surface area contributed by atoms with Crippen LogP contribution in [0.1, 0.15) is 21.9 Å². The summed E-state index contributed by atoms with van der Waals surface area (Å²) >= 11 is 0. The zero-order valence-electron chi connectivity index (χ0n) is 9.97. The lowest BCUT2D eigenvalue weighted by molar-refractivity contribution is -0.806. The molecule has 0 aromatic carbocycles. The molecule has 0 atom stereocenters. The molecule has 1 N–H and O–H groups in total. The molecule has 0 saturated carbocycles. The van der Waals surface area contributed by atoms with Crippen LogP contribution in [0.5, 0.6) is 0 Å². The number of carbonyl (C=O) groups excluding carboxylic acids is 1. The van der Waals surface area contributed by atoms with Crippen LogP contribution < -0.4 is 10.3 Å². The van der Waals surface area contributed by atoms with Gasteiger partial charge in [-0.05, 0) is 11.0 Å². The zero-order valence-corrected chi connectivity index (χ0v) is 9.97. The number of rotatable bonds is 4. The van der Waals surface area contributed by atoms with E-state index in [1.807, 2.05) is 0 Å². The van der Waals surface area contributed by atoms with Crippen molar-refractivity contribution >= 4 is 18.0 Å². The van der Waals surface area contributed by atoms with Gasteiger partial charge in [0.25, 0.3) is 0 Å². The molecule has 2 aromatic rings. The molecule has 0 unspecified atom stereocenters. The van der Waals surface area contributed by atoms with E-state index in [4.69, 9.17) is 4.42 Å². The fraction of sp³-hybridized carbons (Fsp3) is 0.111. The summed E-state index contributed by atoms with van der Waals surface area (Å²) in [5, 5.41) is 28.0. The van der Waals surface area contributed by atoms with Gasteiger partial charge in [0.2, 0.25) is 5.69 Å². The first-order chi connectivity index (χ1) is 9.49. The van der Waals surface area contributed by atoms with Crippen LogP contribution in [0.3, 0.4) is 0 Å². The Bertz CT molecular complexity index is 687. The van der Waals surface area contributed by atoms with E-state index in [-0.39, 0.29) is 22.1 Å². The molecule has 0 aliphatic heterocycles. The van der Waals surface area contributed by atoms with Gasteiger partial charge in [-0.25, -0.2) is 5.43 Å². The monoisotopic (exact) mass is 281 g/mol. The van der Waals surface area contributed by atoms with Crippen molar-refractivity contribution in [3.8, 4) is 0 Å². The van der Waals surface area contributed by atoms with E-state index in [0.29, 0.717) is 0 Å². The number of nitro groups is 1. The first kappa shape index (κ1) is 13.2. The van der Waals surface area contributed by atoms with Crippen molar-refractivity contribution < 1.29 is 23.7 Å². The third kappa shape index (κ3) is 2.60. The van der Waals surface area contributed by atoms with Gasteiger partial charge in [-0.1, -0.05) is 0 Å². The minimum Gasteiger partial charge on any atom is -0.400 e. The number of hydrogen-bond acceptors (Lipinski definition) is 8. The van der Waals surface area contributed by atoms with Crippen LogP contribution in [0.2, 0.25) is 0 Å². The number of nitrogens with zero attached hydrogens (tertiary/aromatic N) is 4. The fourth-order valence-corrected chi connectivity index (χ4v) is 1.21. The number of carbonyl (C=O) groups is 1. The first-order valence-corrected chi connectivity index (χ1v) is 5.13. The van der Waals surface area contributed by atoms with Crippen LogP contribution in [0.15, 0.2) is 26.3 Å². The summed E-state index contributed by atoms with van der Waals surface area (Å²) in [6.45, 7) is 1.35. The molecule has 2 aromatic heterocycles. The first-order valence-electron chi connectivity index (χ1n) is 5.13. The third-order valence-electron chi connectivity index (χ3n) is 2.19. The van der Waals surface area contributed by atoms with Crippen LogP contribution >= 0.6 is 0 Å². The third-order valence-corrected chi connectivity index (χ3v) is 2.19. The van der Waals surface area contributed by atoms with Gasteiger partial charge in [0.15, 0.2) is 5.76 Å². The van der Waals surface area contributed by atoms with Crippen molar-refractivity contribution in [1.82, 2.24) is 10.6 Å². The topological polar surface area (TPSA) is 151 Å². The average Bonchev–Trinajstić information content (AvgIpc) is 2.98. The number of aromatic nitrogens is 2. The van der Waals surface area contributed by atoms with Crippen molar-refractivity contribution in [1.29, 1.82) is 0 Å². The maximum atomic E-state index is 11.5. The van der Waals surface area contributed by atoms with E-state index in [1.54, 1.807) is 0 Å². The van der Waals surface area contributed by atoms with Crippen molar-refractivity contribution in [2.24, 2.45) is 5.10 Å². The van der Waals surface area contributed by atoms with Crippen molar-refractivity contribution in [3.63, 3.8) is 0 Å². The maximum absolute atomic E-state index is 11.5. The van der Waals surface area contributed by atoms with Crippen molar-refractivity contribution in [2.75, 3.05) is 0 Å². The summed E-state index contributed by atoms with van der Waals surface area (Å²) in [5.74, 6) is -1.14. The zero-order chi connectivity index (χ0) is 14.7. The molecule has 1 amide bonds. The van der Waals surface area contributed by atoms with Gasteiger partial charge in [0.05, 0.1) is 17.4 Å². The Kier molecular flexibility index (Phi) is 3.41. The number of hydrazone groups is 1. The van der Waals surface area contributed by atoms with Gasteiger partial charge in [-0.3, -0.25) is 19.5 Å². The molecule has 0 bridgehead atoms. The van der Waals surface area contributed by atoms with E-state index in [2.05, 4.69) is 20.3 Å². The molecule has 0 aliphatic rings. The van der Waals surface area contributed by atoms with E-state index in [1.165, 1.54) is 13.0 Å². The SMILES string of the molecule is Cc1c(C(=O)N/N=C/c2ccc([N+](=O)[O-])o2)no[n+]1[O-]. The van der Waals surface area contributed by atoms with Crippen LogP contribution in [-0.2, 0) is 0 Å². The molecule has 0 aliphatic carbocycles. The minimum absolute atomic E-state index is 0.0219. The standard InChI is InChI=1S/C9H7N5O6/c1-5-8(12-20-14(5)18)9(15)11-10-4-6-2-3-7(19-6)13(16)17/h2-4H,1H3,(H,11,15)/b10-4+. The number of nitrogens with one attached hydrogen (secondary N) is 1. The molecule has 2 rings (SSSR count). The highest BCUT2D eigenvalue weighted by atomic mass is 16.8. The van der Waals surface area contributed by atoms with Crippen LogP contribution in [0, 0.1) is 22.2 Å². The Hall–Kier alpha value is -3.24. The van der Waals surface area contributed by atoms with E-state index in [0.717, 1.165) is 12.3 Å². The Morgan fingerprint density at radius 2 is 2.35 bits per heavy atom. The summed E-state index contributed by atoms with van der Waals surface area (Å²) < 4.78 is 8.99. The molecular formula is C9H7N5O6. The molecule has 2 heterocycles. The predicted octanol–water partition coefficient (Wildman–Crippen LogP) is -0.118. The summed E-state index contributed by atoms with van der Waals surface area (Å²) in [6.07, 6.45) is 1.06. The molecule has 20 heavy (non-hydrogen) atoms. The van der Waals surface area contributed by atoms with Gasteiger partial charge >= 0.3 is 17.5 Å². The molecule has 104 valence electrons. The summed E-state index contributed by atoms with van der Waals surface area (Å²) in [5.41, 5.74) is 1.82. The van der Waals surface area contributed by atoms with Gasteiger partial charge in [-0.2, -0.15) is 5.10 Å². The van der Waals surface area contributed by atoms with Gasteiger partial charge in [0.1, 0.15) is 4.92 Å². The number of amides is 1. The number of hydrogen-bond donors (Lipinski definition) is 1. The molecule has 0 saturated heterocycles. The molecule has 11 heteroatoms. The fourth-order valence-electron chi connectivity index (χ4n) is 1.21. The summed E-state index contributed by atoms with van der Waals surface area (Å²) in [4.78, 5) is 21.3. The van der Waals surface area contributed by atoms with E-state index in [9.17, 15) is 20.1 Å². The molecule has 0 fully saturated rings. The van der Waals surface area contributed by atoms with Gasteiger partial charge in [-0.15, -0.1) is 0 Å². The van der Waals surface area contributed by atoms with Crippen molar-refractivity contribution in [2.45, 2.75) is 6.92 Å². The average molecular weight is 281 g/mol. The second-order valence-electron chi connectivity index (χ2n) is 3.50. The number of furan rings is 1. The lowest BCUT2D eigenvalue weighted by Crippen LogP contribution is -2.28. The van der Waals surface area contributed by atoms with Crippen LogP contribution in [0.4, 0.5) is 5.88 Å². The highest BCUT2D eigenvalue weighted by Crippen LogP contribution is 2.13. The normalized spacial score (nSPS) is 10.8. The van der Waals surface area contributed by atoms with Gasteiger partial charge < -0.3 is 9.62 Å². The summed E-state index contributed by atoms with van der Waals surface area (Å²) in [7, 11) is 0. The Morgan fingerprint density at radius 1 is 1.60 bits per heavy atom. The highest BCUT2D eigenvalue weighted by Gasteiger charge is 2.22. The largest absolute Gasteiger partial charge is 0.433 e. The molecule has 0 radical (unpaired) electrons. The quantitative estimate of drug-likeness (QED) is 0.355. The molecule has 0 spiro atoms. The Balaban J connectivity index is 2.00. The van der Waals surface area contributed by atoms with E-state index < -0.39 is 16.7 Å². The van der Waals surface area contributed by atoms with Crippen LogP contribution in [-0.4, -0.2) is 22.2 Å². The minimum atomic E-state index is -0.766. The van der Waals surface area contributed by atoms with Gasteiger partial charge in [0, 0.05) is 6.92 Å². The van der Waals surface area contributed by atoms with Crippen LogP contribution in [0.25, 0.3) is 0 Å². The molecular weight excluding hydrogens is 274 g/mol. The smallest absolute Gasteiger partial charge is 0.400 e. The summed E-state index contributed by atoms with van der Waals surface area (Å²) in [6, 6.07) is 2.45. The highest BCUT2D eigenvalue weighted by molar-refractivity contribution is 5.93. The Labute approximate surface area is 110 Å². The predicted molar refractivity (Wildman–Crippen MR) is 60.6 cm³/mol.